The number of halogens is 1. The Hall–Kier alpha value is -2.60. The van der Waals surface area contributed by atoms with Crippen molar-refractivity contribution in [2.45, 2.75) is 13.8 Å². The Morgan fingerprint density at radius 1 is 1.08 bits per heavy atom. The van der Waals surface area contributed by atoms with E-state index in [2.05, 4.69) is 10.3 Å². The molecule has 2 heterocycles. The highest BCUT2D eigenvalue weighted by Crippen LogP contribution is 2.24. The third-order valence-electron chi connectivity index (χ3n) is 4.47. The maximum absolute atomic E-state index is 12.6. The minimum Gasteiger partial charge on any atom is -0.354 e. The largest absolute Gasteiger partial charge is 0.354 e. The van der Waals surface area contributed by atoms with Crippen LogP contribution in [0.25, 0.3) is 0 Å². The number of amides is 2. The van der Waals surface area contributed by atoms with Crippen molar-refractivity contribution in [2.24, 2.45) is 0 Å². The van der Waals surface area contributed by atoms with E-state index in [-0.39, 0.29) is 11.8 Å². The Morgan fingerprint density at radius 3 is 2.38 bits per heavy atom. The molecule has 0 bridgehead atoms. The van der Waals surface area contributed by atoms with Gasteiger partial charge in [-0.05, 0) is 36.8 Å². The highest BCUT2D eigenvalue weighted by atomic mass is 35.5. The summed E-state index contributed by atoms with van der Waals surface area (Å²) in [7, 11) is 0. The topological polar surface area (TPSA) is 65.5 Å². The molecule has 3 rings (SSSR count). The molecule has 0 radical (unpaired) electrons. The number of piperazine rings is 1. The lowest BCUT2D eigenvalue weighted by molar-refractivity contribution is -0.130. The molecule has 0 aliphatic carbocycles. The highest BCUT2D eigenvalue weighted by molar-refractivity contribution is 6.30. The van der Waals surface area contributed by atoms with Gasteiger partial charge in [0, 0.05) is 43.8 Å². The molecule has 6 nitrogen and oxygen atoms in total. The number of nitrogens with zero attached hydrogens (tertiary/aromatic N) is 3. The summed E-state index contributed by atoms with van der Waals surface area (Å²) in [6, 6.07) is 9.17. The first kappa shape index (κ1) is 18.2. The van der Waals surface area contributed by atoms with Crippen LogP contribution in [0.15, 0.2) is 36.5 Å². The summed E-state index contributed by atoms with van der Waals surface area (Å²) in [5.74, 6) is -0.0688. The molecule has 1 aromatic carbocycles. The molecule has 7 heteroatoms. The smallest absolute Gasteiger partial charge is 0.272 e. The van der Waals surface area contributed by atoms with Crippen LogP contribution in [-0.2, 0) is 4.79 Å². The van der Waals surface area contributed by atoms with Crippen LogP contribution >= 0.6 is 11.6 Å². The fourth-order valence-corrected chi connectivity index (χ4v) is 3.04. The van der Waals surface area contributed by atoms with E-state index >= 15 is 0 Å². The number of pyridine rings is 1. The van der Waals surface area contributed by atoms with Gasteiger partial charge < -0.3 is 15.1 Å². The molecular formula is C19H21ClN4O2. The average Bonchev–Trinajstić information content (AvgIpc) is 2.65. The van der Waals surface area contributed by atoms with Gasteiger partial charge in [-0.25, -0.2) is 4.98 Å². The van der Waals surface area contributed by atoms with Crippen LogP contribution in [0.4, 0.5) is 11.4 Å². The molecule has 0 unspecified atom stereocenters. The zero-order valence-electron chi connectivity index (χ0n) is 14.8. The predicted octanol–water partition coefficient (Wildman–Crippen LogP) is 3.09. The molecule has 136 valence electrons. The summed E-state index contributed by atoms with van der Waals surface area (Å²) in [5.41, 5.74) is 3.15. The summed E-state index contributed by atoms with van der Waals surface area (Å²) in [6.07, 6.45) is 1.64. The fraction of sp³-hybridized carbons (Fsp3) is 0.316. The molecular weight excluding hydrogens is 352 g/mol. The third kappa shape index (κ3) is 4.14. The van der Waals surface area contributed by atoms with E-state index in [4.69, 9.17) is 11.6 Å². The highest BCUT2D eigenvalue weighted by Gasteiger charge is 2.23. The summed E-state index contributed by atoms with van der Waals surface area (Å²) in [6.45, 7) is 5.73. The van der Waals surface area contributed by atoms with E-state index in [0.29, 0.717) is 36.9 Å². The van der Waals surface area contributed by atoms with E-state index in [1.54, 1.807) is 29.0 Å². The summed E-state index contributed by atoms with van der Waals surface area (Å²) in [4.78, 5) is 31.7. The van der Waals surface area contributed by atoms with Gasteiger partial charge in [0.15, 0.2) is 0 Å². The van der Waals surface area contributed by atoms with Crippen LogP contribution in [0.1, 0.15) is 23.0 Å². The summed E-state index contributed by atoms with van der Waals surface area (Å²) < 4.78 is 0. The molecule has 2 amide bonds. The first-order chi connectivity index (χ1) is 12.4. The molecule has 1 aromatic heterocycles. The second-order valence-corrected chi connectivity index (χ2v) is 6.75. The Kier molecular flexibility index (Phi) is 5.42. The molecule has 1 aliphatic rings. The van der Waals surface area contributed by atoms with Gasteiger partial charge in [0.05, 0.1) is 11.9 Å². The van der Waals surface area contributed by atoms with Crippen molar-refractivity contribution >= 4 is 34.8 Å². The molecule has 1 fully saturated rings. The number of anilines is 2. The van der Waals surface area contributed by atoms with Crippen LogP contribution in [0.2, 0.25) is 5.02 Å². The van der Waals surface area contributed by atoms with Gasteiger partial charge in [-0.3, -0.25) is 9.59 Å². The minimum atomic E-state index is -0.112. The quantitative estimate of drug-likeness (QED) is 0.899. The molecule has 26 heavy (non-hydrogen) atoms. The Bertz CT molecular complexity index is 815. The SMILES string of the molecule is CC(=O)N1CCN(C(=O)c2ccc(Nc3cc(Cl)ccc3C)cn2)CC1. The minimum absolute atomic E-state index is 0.0435. The van der Waals surface area contributed by atoms with Gasteiger partial charge in [0.1, 0.15) is 5.69 Å². The van der Waals surface area contributed by atoms with E-state index in [0.717, 1.165) is 16.9 Å². The van der Waals surface area contributed by atoms with E-state index in [1.807, 2.05) is 31.2 Å². The normalized spacial score (nSPS) is 14.3. The van der Waals surface area contributed by atoms with Crippen molar-refractivity contribution in [3.05, 3.63) is 52.8 Å². The number of rotatable bonds is 3. The number of aryl methyl sites for hydroxylation is 1. The van der Waals surface area contributed by atoms with Crippen LogP contribution in [0.5, 0.6) is 0 Å². The van der Waals surface area contributed by atoms with E-state index in [1.165, 1.54) is 0 Å². The second kappa shape index (κ2) is 7.74. The Labute approximate surface area is 157 Å². The van der Waals surface area contributed by atoms with E-state index in [9.17, 15) is 9.59 Å². The number of carbonyl (C=O) groups excluding carboxylic acids is 2. The number of benzene rings is 1. The monoisotopic (exact) mass is 372 g/mol. The van der Waals surface area contributed by atoms with Gasteiger partial charge in [0.25, 0.3) is 5.91 Å². The lowest BCUT2D eigenvalue weighted by Gasteiger charge is -2.34. The number of carbonyl (C=O) groups is 2. The van der Waals surface area contributed by atoms with Gasteiger partial charge in [-0.2, -0.15) is 0 Å². The van der Waals surface area contributed by atoms with Crippen LogP contribution < -0.4 is 5.32 Å². The molecule has 0 saturated carbocycles. The average molecular weight is 373 g/mol. The van der Waals surface area contributed by atoms with Crippen molar-refractivity contribution < 1.29 is 9.59 Å². The maximum Gasteiger partial charge on any atom is 0.272 e. The molecule has 1 aliphatic heterocycles. The molecule has 2 aromatic rings. The van der Waals surface area contributed by atoms with Crippen LogP contribution in [0, 0.1) is 6.92 Å². The second-order valence-electron chi connectivity index (χ2n) is 6.31. The molecule has 1 saturated heterocycles. The Balaban J connectivity index is 1.65. The molecule has 0 spiro atoms. The fourth-order valence-electron chi connectivity index (χ4n) is 2.87. The standard InChI is InChI=1S/C19H21ClN4O2/c1-13-3-4-15(20)11-18(13)22-16-5-6-17(21-12-16)19(26)24-9-7-23(8-10-24)14(2)25/h3-6,11-12,22H,7-10H2,1-2H3. The predicted molar refractivity (Wildman–Crippen MR) is 102 cm³/mol. The maximum atomic E-state index is 12.6. The van der Waals surface area contributed by atoms with Gasteiger partial charge in [-0.1, -0.05) is 17.7 Å². The molecule has 0 atom stereocenters. The zero-order chi connectivity index (χ0) is 18.7. The third-order valence-corrected chi connectivity index (χ3v) is 4.71. The number of aromatic nitrogens is 1. The summed E-state index contributed by atoms with van der Waals surface area (Å²) >= 11 is 6.04. The van der Waals surface area contributed by atoms with Gasteiger partial charge in [0.2, 0.25) is 5.91 Å². The lowest BCUT2D eigenvalue weighted by atomic mass is 10.2. The number of nitrogens with one attached hydrogen (secondary N) is 1. The molecule has 1 N–H and O–H groups in total. The van der Waals surface area contributed by atoms with Crippen molar-refractivity contribution in [2.75, 3.05) is 31.5 Å². The zero-order valence-corrected chi connectivity index (χ0v) is 15.6. The van der Waals surface area contributed by atoms with Gasteiger partial charge in [-0.15, -0.1) is 0 Å². The summed E-state index contributed by atoms with van der Waals surface area (Å²) in [5, 5.41) is 3.92. The Morgan fingerprint density at radius 2 is 1.77 bits per heavy atom. The van der Waals surface area contributed by atoms with Gasteiger partial charge >= 0.3 is 0 Å². The lowest BCUT2D eigenvalue weighted by Crippen LogP contribution is -2.50. The van der Waals surface area contributed by atoms with Crippen molar-refractivity contribution in [3.63, 3.8) is 0 Å². The van der Waals surface area contributed by atoms with Crippen LogP contribution in [-0.4, -0.2) is 52.8 Å². The first-order valence-corrected chi connectivity index (χ1v) is 8.86. The van der Waals surface area contributed by atoms with Crippen molar-refractivity contribution in [1.29, 1.82) is 0 Å². The number of hydrogen-bond acceptors (Lipinski definition) is 4. The number of hydrogen-bond donors (Lipinski definition) is 1. The van der Waals surface area contributed by atoms with Crippen molar-refractivity contribution in [1.82, 2.24) is 14.8 Å². The van der Waals surface area contributed by atoms with Crippen LogP contribution in [0.3, 0.4) is 0 Å². The first-order valence-electron chi connectivity index (χ1n) is 8.48. The van der Waals surface area contributed by atoms with Crippen molar-refractivity contribution in [3.8, 4) is 0 Å². The van der Waals surface area contributed by atoms with E-state index < -0.39 is 0 Å².